The maximum atomic E-state index is 10.6. The first kappa shape index (κ1) is 55.7. The van der Waals surface area contributed by atoms with E-state index in [1.165, 1.54) is 17.2 Å². The van der Waals surface area contributed by atoms with E-state index in [4.69, 9.17) is 42.1 Å². The van der Waals surface area contributed by atoms with Crippen LogP contribution in [-0.4, -0.2) is 94.9 Å². The predicted octanol–water partition coefficient (Wildman–Crippen LogP) is -0.558. The summed E-state index contributed by atoms with van der Waals surface area (Å²) < 4.78 is 0. The fourth-order valence-electron chi connectivity index (χ4n) is 4.51. The number of nitrogens with two attached hydrogens (primary N) is 2. The van der Waals surface area contributed by atoms with Crippen LogP contribution in [0.15, 0.2) is 72.8 Å². The molecule has 0 aliphatic rings. The van der Waals surface area contributed by atoms with Crippen LogP contribution in [0.5, 0.6) is 11.5 Å². The van der Waals surface area contributed by atoms with Crippen molar-refractivity contribution < 1.29 is 83.3 Å². The van der Waals surface area contributed by atoms with Crippen LogP contribution in [0, 0.1) is 41.5 Å². The van der Waals surface area contributed by atoms with Crippen molar-refractivity contribution in [3.05, 3.63) is 128 Å². The summed E-state index contributed by atoms with van der Waals surface area (Å²) >= 11 is 0. The monoisotopic (exact) mass is 847 g/mol. The molecule has 0 heterocycles. The molecule has 4 rings (SSSR count). The molecule has 0 saturated heterocycles. The van der Waals surface area contributed by atoms with Crippen LogP contribution in [-0.2, 0) is 14.4 Å². The molecule has 4 aromatic rings. The molecule has 0 aromatic heterocycles. The van der Waals surface area contributed by atoms with Crippen LogP contribution < -0.4 is 29.6 Å². The summed E-state index contributed by atoms with van der Waals surface area (Å²) in [6.07, 6.45) is -2.79. The van der Waals surface area contributed by atoms with Gasteiger partial charge in [0.2, 0.25) is 6.04 Å². The number of phenols is 2. The third-order valence-corrected chi connectivity index (χ3v) is 8.70. The van der Waals surface area contributed by atoms with Crippen molar-refractivity contribution >= 4 is 24.2 Å². The predicted molar refractivity (Wildman–Crippen MR) is 216 cm³/mol. The number of aliphatic carboxylic acids is 3. The molecule has 16 nitrogen and oxygen atoms in total. The Morgan fingerprint density at radius 1 is 0.576 bits per heavy atom. The first-order valence-electron chi connectivity index (χ1n) is 17.8. The molecule has 0 fully saturated rings. The van der Waals surface area contributed by atoms with Crippen LogP contribution in [0.2, 0.25) is 0 Å². The van der Waals surface area contributed by atoms with Gasteiger partial charge in [-0.2, -0.15) is 0 Å². The molecular weight excluding hydrogens is 790 g/mol. The summed E-state index contributed by atoms with van der Waals surface area (Å²) in [5.74, 6) is -4.45. The van der Waals surface area contributed by atoms with Gasteiger partial charge in [0.05, 0.1) is 0 Å². The quantitative estimate of drug-likeness (QED) is 0.0703. The van der Waals surface area contributed by atoms with Crippen LogP contribution in [0.1, 0.15) is 85.7 Å². The lowest BCUT2D eigenvalue weighted by molar-refractivity contribution is -0.426. The number of hydrogen-bond donors (Lipinski definition) is 12. The molecule has 0 radical (unpaired) electrons. The van der Waals surface area contributed by atoms with Crippen molar-refractivity contribution in [3.8, 4) is 11.5 Å². The Bertz CT molecular complexity index is 1790. The van der Waals surface area contributed by atoms with Gasteiger partial charge in [0, 0.05) is 12.2 Å². The van der Waals surface area contributed by atoms with Gasteiger partial charge in [-0.1, -0.05) is 54.6 Å². The number of aryl methyl sites for hydroxylation is 6. The lowest BCUT2D eigenvalue weighted by atomic mass is 9.99. The summed E-state index contributed by atoms with van der Waals surface area (Å²) in [6, 6.07) is 16.0. The van der Waals surface area contributed by atoms with Crippen molar-refractivity contribution in [2.45, 2.75) is 84.9 Å². The highest BCUT2D eigenvalue weighted by Crippen LogP contribution is 2.28. The number of aliphatic hydroxyl groups excluding tert-OH is 4. The Morgan fingerprint density at radius 3 is 1.24 bits per heavy atom. The lowest BCUT2D eigenvalue weighted by Gasteiger charge is -2.16. The van der Waals surface area contributed by atoms with E-state index < -0.39 is 60.1 Å². The molecule has 59 heavy (non-hydrogen) atoms. The first-order chi connectivity index (χ1) is 26.9. The number of carbonyl (C=O) groups excluding carboxylic acids is 1. The topological polar surface area (TPSA) is 330 Å². The minimum atomic E-state index is -1.48. The van der Waals surface area contributed by atoms with E-state index in [1.807, 2.05) is 71.9 Å². The molecule has 4 aromatic carbocycles. The second kappa shape index (κ2) is 27.3. The highest BCUT2D eigenvalue weighted by molar-refractivity contribution is 5.75. The molecule has 0 aliphatic carbocycles. The zero-order valence-electron chi connectivity index (χ0n) is 34.1. The molecule has 0 spiro atoms. The molecule has 16 N–H and O–H groups in total. The van der Waals surface area contributed by atoms with E-state index in [0.29, 0.717) is 11.1 Å². The number of quaternary nitrogens is 1. The van der Waals surface area contributed by atoms with Crippen LogP contribution in [0.25, 0.3) is 0 Å². The standard InChI is InChI=1S/2C11H15NO3.C9H11NO5.C9H10O.C2H6O.ClH/c2*1-6-3-4-8(5-7(6)2)10(13)9(12)11(14)15;10-7(9(14)15)8(13)4-1-2-5(11)6(12)3-4;1-7-3-4-9(6-10)5-8(7)2;1-2-3;/h2*3-5,9-10,13H,12H2,1-2H3,(H,14,15);1-3,7-8,11-13H,10H2,(H,14,15);3-6H,1-2H3;3H,2H2,1H3;1H/t2*9-,10+;7-,8-;;;/m001.../s1. The Labute approximate surface area is 349 Å². The highest BCUT2D eigenvalue weighted by Gasteiger charge is 2.27. The Balaban J connectivity index is 0. The van der Waals surface area contributed by atoms with E-state index in [0.717, 1.165) is 46.2 Å². The molecule has 0 amide bonds. The molecule has 17 heteroatoms. The Kier molecular flexibility index (Phi) is 25.8. The zero-order chi connectivity index (χ0) is 45.0. The number of carbonyl (C=O) groups is 4. The summed E-state index contributed by atoms with van der Waals surface area (Å²) in [6.45, 7) is 13.7. The SMILES string of the molecule is CCO.Cc1ccc(C=O)cc1C.Cc1ccc([C@@H](O)[C@H](N)C(=O)O)cc1C.Cc1ccc([C@@H](O)[C@H]([NH3+])C(=O)O)cc1C.N[C@@H](C(=O)O)[C@H](O)c1ccc(O)c(O)c1.[Cl-]. The first-order valence-corrected chi connectivity index (χ1v) is 17.8. The average Bonchev–Trinajstić information content (AvgIpc) is 3.18. The molecular formula is C42H58ClN3O13. The van der Waals surface area contributed by atoms with Crippen LogP contribution >= 0.6 is 0 Å². The highest BCUT2D eigenvalue weighted by atomic mass is 35.5. The van der Waals surface area contributed by atoms with E-state index >= 15 is 0 Å². The van der Waals surface area contributed by atoms with Gasteiger partial charge in [-0.25, -0.2) is 4.79 Å². The number of benzene rings is 4. The van der Waals surface area contributed by atoms with Gasteiger partial charge in [0.1, 0.15) is 36.7 Å². The Morgan fingerprint density at radius 2 is 0.915 bits per heavy atom. The number of carboxylic acid groups (broad SMARTS) is 3. The van der Waals surface area contributed by atoms with Crippen molar-refractivity contribution in [2.75, 3.05) is 6.61 Å². The fraction of sp³-hybridized carbons (Fsp3) is 0.333. The van der Waals surface area contributed by atoms with Crippen molar-refractivity contribution in [1.82, 2.24) is 0 Å². The fourth-order valence-corrected chi connectivity index (χ4v) is 4.51. The lowest BCUT2D eigenvalue weighted by Crippen LogP contribution is -3.00. The molecule has 0 saturated carbocycles. The number of aliphatic hydroxyl groups is 4. The number of phenolic OH excluding ortho intramolecular Hbond substituents is 2. The van der Waals surface area contributed by atoms with E-state index in [-0.39, 0.29) is 30.3 Å². The smallest absolute Gasteiger partial charge is 0.365 e. The zero-order valence-corrected chi connectivity index (χ0v) is 34.8. The van der Waals surface area contributed by atoms with Gasteiger partial charge in [0.15, 0.2) is 11.5 Å². The number of aromatic hydroxyl groups is 2. The minimum absolute atomic E-state index is 0. The number of rotatable bonds is 10. The molecule has 0 bridgehead atoms. The van der Waals surface area contributed by atoms with E-state index in [9.17, 15) is 34.5 Å². The second-order valence-corrected chi connectivity index (χ2v) is 13.2. The number of halogens is 1. The molecule has 6 atom stereocenters. The van der Waals surface area contributed by atoms with Crippen molar-refractivity contribution in [2.24, 2.45) is 11.5 Å². The van der Waals surface area contributed by atoms with Gasteiger partial charge in [-0.05, 0) is 117 Å². The third-order valence-electron chi connectivity index (χ3n) is 8.70. The number of carboxylic acids is 3. The molecule has 0 unspecified atom stereocenters. The van der Waals surface area contributed by atoms with Crippen LogP contribution in [0.4, 0.5) is 0 Å². The van der Waals surface area contributed by atoms with Gasteiger partial charge >= 0.3 is 17.9 Å². The molecule has 0 aliphatic heterocycles. The van der Waals surface area contributed by atoms with Gasteiger partial charge in [0.25, 0.3) is 0 Å². The summed E-state index contributed by atoms with van der Waals surface area (Å²) in [7, 11) is 0. The normalized spacial score (nSPS) is 13.1. The molecule has 326 valence electrons. The maximum Gasteiger partial charge on any atom is 0.365 e. The minimum Gasteiger partial charge on any atom is -1.00 e. The van der Waals surface area contributed by atoms with Gasteiger partial charge < -0.3 is 75.6 Å². The third kappa shape index (κ3) is 18.8. The summed E-state index contributed by atoms with van der Waals surface area (Å²) in [4.78, 5) is 42.0. The summed E-state index contributed by atoms with van der Waals surface area (Å²) in [5.41, 5.74) is 22.6. The maximum absolute atomic E-state index is 10.6. The van der Waals surface area contributed by atoms with E-state index in [2.05, 4.69) is 5.73 Å². The second-order valence-electron chi connectivity index (χ2n) is 13.2. The van der Waals surface area contributed by atoms with Gasteiger partial charge in [-0.15, -0.1) is 0 Å². The van der Waals surface area contributed by atoms with Crippen LogP contribution in [0.3, 0.4) is 0 Å². The average molecular weight is 848 g/mol. The Hall–Kier alpha value is -5.43. The summed E-state index contributed by atoms with van der Waals surface area (Å²) in [5, 5.41) is 80.5. The van der Waals surface area contributed by atoms with Crippen molar-refractivity contribution in [1.29, 1.82) is 0 Å². The number of aldehydes is 1. The van der Waals surface area contributed by atoms with E-state index in [1.54, 1.807) is 31.2 Å². The van der Waals surface area contributed by atoms with Crippen molar-refractivity contribution in [3.63, 3.8) is 0 Å². The van der Waals surface area contributed by atoms with Gasteiger partial charge in [-0.3, -0.25) is 14.4 Å². The number of hydrogen-bond acceptors (Lipinski definition) is 12. The largest absolute Gasteiger partial charge is 1.00 e.